The number of aromatic nitrogens is 1. The normalized spacial score (nSPS) is 10.2. The second-order valence-electron chi connectivity index (χ2n) is 6.37. The van der Waals surface area contributed by atoms with Gasteiger partial charge in [0, 0.05) is 6.20 Å². The van der Waals surface area contributed by atoms with Gasteiger partial charge in [-0.15, -0.1) is 11.3 Å². The van der Waals surface area contributed by atoms with Gasteiger partial charge in [-0.05, 0) is 47.1 Å². The molecule has 0 aliphatic carbocycles. The molecule has 0 spiro atoms. The van der Waals surface area contributed by atoms with Crippen molar-refractivity contribution in [3.05, 3.63) is 81.2 Å². The molecule has 0 aliphatic rings. The molecule has 0 atom stereocenters. The van der Waals surface area contributed by atoms with Crippen molar-refractivity contribution in [3.63, 3.8) is 0 Å². The van der Waals surface area contributed by atoms with Crippen LogP contribution in [-0.2, 0) is 17.6 Å². The van der Waals surface area contributed by atoms with E-state index >= 15 is 0 Å². The van der Waals surface area contributed by atoms with Crippen LogP contribution in [-0.4, -0.2) is 36.3 Å². The molecule has 0 saturated heterocycles. The van der Waals surface area contributed by atoms with Gasteiger partial charge >= 0.3 is 57.6 Å². The van der Waals surface area contributed by atoms with Gasteiger partial charge in [0.15, 0.2) is 0 Å². The molecule has 37 heavy (non-hydrogen) atoms. The van der Waals surface area contributed by atoms with E-state index in [1.54, 1.807) is 13.1 Å². The second-order valence-corrected chi connectivity index (χ2v) is 7.43. The van der Waals surface area contributed by atoms with Gasteiger partial charge in [-0.25, -0.2) is 4.98 Å². The van der Waals surface area contributed by atoms with E-state index in [1.807, 2.05) is 52.8 Å². The molecule has 0 amide bonds. The van der Waals surface area contributed by atoms with E-state index in [0.29, 0.717) is 21.3 Å². The molecule has 1 heterocycles. The Balaban J connectivity index is 0. The van der Waals surface area contributed by atoms with Gasteiger partial charge in [-0.3, -0.25) is 5.16 Å². The standard InChI is InChI=1S/C11H7F3N2S.C11H15N2O2.2C2H6.K/c12-11(13,14)8-3-1-2-7(4-8)9-6-16-10(5-15)17-9;1-8-5-4-6-9(10(8)7-14)11(12-2)13-15-3;2*1-2;/h1-6,15H;4-6,14H,7H2,1-3H3;2*1-2H3;/q;-1;;;+1. The summed E-state index contributed by atoms with van der Waals surface area (Å²) in [5.74, 6) is 0.491. The molecule has 2 N–H and O–H groups in total. The molecule has 0 aliphatic heterocycles. The fourth-order valence-corrected chi connectivity index (χ4v) is 3.50. The summed E-state index contributed by atoms with van der Waals surface area (Å²) in [6.07, 6.45) is -1.80. The van der Waals surface area contributed by atoms with E-state index in [-0.39, 0.29) is 58.0 Å². The van der Waals surface area contributed by atoms with Crippen LogP contribution in [0.5, 0.6) is 0 Å². The van der Waals surface area contributed by atoms with Crippen LogP contribution >= 0.6 is 11.3 Å². The molecule has 2 aromatic carbocycles. The van der Waals surface area contributed by atoms with Gasteiger partial charge in [-0.1, -0.05) is 65.1 Å². The minimum absolute atomic E-state index is 0. The molecule has 3 aromatic rings. The van der Waals surface area contributed by atoms with Gasteiger partial charge in [0.25, 0.3) is 0 Å². The fraction of sp³-hybridized carbons (Fsp3) is 0.346. The molecule has 0 bridgehead atoms. The number of alkyl halides is 3. The third-order valence-corrected chi connectivity index (χ3v) is 5.31. The summed E-state index contributed by atoms with van der Waals surface area (Å²) in [6.45, 7) is 9.91. The van der Waals surface area contributed by atoms with Crippen LogP contribution in [0.15, 0.2) is 53.8 Å². The maximum absolute atomic E-state index is 12.5. The van der Waals surface area contributed by atoms with Crippen molar-refractivity contribution in [2.75, 3.05) is 14.2 Å². The van der Waals surface area contributed by atoms with Gasteiger partial charge in [0.05, 0.1) is 30.4 Å². The third-order valence-electron chi connectivity index (χ3n) is 4.32. The minimum Gasteiger partial charge on any atom is -0.497 e. The molecular formula is C26H34F3KN4O2S. The number of hydrogen-bond acceptors (Lipinski definition) is 6. The number of halogens is 3. The van der Waals surface area contributed by atoms with Crippen LogP contribution < -0.4 is 51.4 Å². The van der Waals surface area contributed by atoms with Crippen molar-refractivity contribution in [2.24, 2.45) is 5.16 Å². The Morgan fingerprint density at radius 3 is 2.27 bits per heavy atom. The number of amidine groups is 1. The van der Waals surface area contributed by atoms with Crippen molar-refractivity contribution >= 4 is 23.4 Å². The quantitative estimate of drug-likeness (QED) is 0.205. The molecule has 3 rings (SSSR count). The van der Waals surface area contributed by atoms with Crippen molar-refractivity contribution in [2.45, 2.75) is 47.4 Å². The van der Waals surface area contributed by atoms with Crippen LogP contribution in [0.25, 0.3) is 15.8 Å². The number of nitrogens with zero attached hydrogens (tertiary/aromatic N) is 3. The maximum atomic E-state index is 12.5. The monoisotopic (exact) mass is 562 g/mol. The molecule has 6 nitrogen and oxygen atoms in total. The predicted octanol–water partition coefficient (Wildman–Crippen LogP) is 4.68. The van der Waals surface area contributed by atoms with Crippen LogP contribution in [0.1, 0.15) is 55.0 Å². The first kappa shape index (κ1) is 37.5. The van der Waals surface area contributed by atoms with E-state index < -0.39 is 11.7 Å². The summed E-state index contributed by atoms with van der Waals surface area (Å²) >= 11 is 1.18. The summed E-state index contributed by atoms with van der Waals surface area (Å²) in [5.41, 5.74) is 2.44. The molecule has 0 fully saturated rings. The van der Waals surface area contributed by atoms with Crippen LogP contribution in [0, 0.1) is 12.3 Å². The Labute approximate surface area is 264 Å². The second kappa shape index (κ2) is 20.4. The van der Waals surface area contributed by atoms with E-state index in [0.717, 1.165) is 35.0 Å². The number of aliphatic hydroxyl groups is 1. The maximum Gasteiger partial charge on any atom is 1.00 e. The van der Waals surface area contributed by atoms with Gasteiger partial charge in [0.2, 0.25) is 0 Å². The summed E-state index contributed by atoms with van der Waals surface area (Å²) < 4.78 is 37.5. The zero-order valence-electron chi connectivity index (χ0n) is 22.6. The van der Waals surface area contributed by atoms with E-state index in [4.69, 9.17) is 10.2 Å². The average molecular weight is 563 g/mol. The molecule has 0 unspecified atom stereocenters. The first-order valence-corrected chi connectivity index (χ1v) is 12.1. The molecule has 0 radical (unpaired) electrons. The molecule has 11 heteroatoms. The Bertz CT molecular complexity index is 1090. The zero-order valence-corrected chi connectivity index (χ0v) is 26.6. The van der Waals surface area contributed by atoms with Crippen LogP contribution in [0.3, 0.4) is 0 Å². The largest absolute Gasteiger partial charge is 1.00 e. The number of thiazole rings is 1. The Morgan fingerprint density at radius 1 is 1.16 bits per heavy atom. The van der Waals surface area contributed by atoms with Crippen molar-refractivity contribution in [3.8, 4) is 10.4 Å². The van der Waals surface area contributed by atoms with E-state index in [2.05, 4.69) is 15.5 Å². The van der Waals surface area contributed by atoms with Crippen LogP contribution in [0.4, 0.5) is 13.2 Å². The van der Waals surface area contributed by atoms with Gasteiger partial charge in [0.1, 0.15) is 5.01 Å². The summed E-state index contributed by atoms with van der Waals surface area (Å²) in [6, 6.07) is 10.8. The summed E-state index contributed by atoms with van der Waals surface area (Å²) in [4.78, 5) is 9.22. The summed E-state index contributed by atoms with van der Waals surface area (Å²) in [7, 11) is 3.11. The molecular weight excluding hydrogens is 528 g/mol. The Kier molecular flexibility index (Phi) is 20.7. The van der Waals surface area contributed by atoms with Crippen LogP contribution in [0.2, 0.25) is 0 Å². The average Bonchev–Trinajstić information content (AvgIpc) is 3.39. The fourth-order valence-electron chi connectivity index (χ4n) is 2.76. The first-order valence-electron chi connectivity index (χ1n) is 11.3. The first-order chi connectivity index (χ1) is 17.2. The number of aryl methyl sites for hydroxylation is 1. The van der Waals surface area contributed by atoms with Gasteiger partial charge < -0.3 is 20.7 Å². The number of aliphatic hydroxyl groups excluding tert-OH is 1. The number of rotatable bonds is 5. The third kappa shape index (κ3) is 12.2. The van der Waals surface area contributed by atoms with E-state index in [1.165, 1.54) is 30.7 Å². The van der Waals surface area contributed by atoms with Crippen molar-refractivity contribution < 1.29 is 74.5 Å². The SMILES string of the molecule is CC.CC.C[N-]/C(=N/OC)c1cccc(C)c1CO.N=Cc1ncc(-c2cccc(C(F)(F)F)c2)s1.[K+]. The summed E-state index contributed by atoms with van der Waals surface area (Å²) in [5, 5.41) is 24.6. The molecule has 0 saturated carbocycles. The molecule has 198 valence electrons. The number of hydrogen-bond donors (Lipinski definition) is 2. The van der Waals surface area contributed by atoms with Crippen molar-refractivity contribution in [1.29, 1.82) is 5.41 Å². The topological polar surface area (TPSA) is 92.7 Å². The van der Waals surface area contributed by atoms with Gasteiger partial charge in [-0.2, -0.15) is 13.2 Å². The Hall–Kier alpha value is -1.60. The smallest absolute Gasteiger partial charge is 0.497 e. The van der Waals surface area contributed by atoms with Crippen molar-refractivity contribution in [1.82, 2.24) is 4.98 Å². The zero-order chi connectivity index (χ0) is 27.7. The number of benzene rings is 2. The molecule has 1 aromatic heterocycles. The minimum atomic E-state index is -4.34. The number of nitrogens with one attached hydrogen (secondary N) is 1. The predicted molar refractivity (Wildman–Crippen MR) is 143 cm³/mol. The Morgan fingerprint density at radius 2 is 1.78 bits per heavy atom. The van der Waals surface area contributed by atoms with E-state index in [9.17, 15) is 18.3 Å². The number of oxime groups is 1.